The molecule has 5 N–H and O–H groups in total. The molecule has 2 rings (SSSR count). The van der Waals surface area contributed by atoms with Crippen molar-refractivity contribution >= 4 is 5.82 Å². The van der Waals surface area contributed by atoms with Crippen LogP contribution in [-0.4, -0.2) is 9.97 Å². The van der Waals surface area contributed by atoms with Gasteiger partial charge in [-0.2, -0.15) is 0 Å². The molecule has 100 valence electrons. The highest BCUT2D eigenvalue weighted by Crippen LogP contribution is 2.26. The normalized spacial score (nSPS) is 12.4. The van der Waals surface area contributed by atoms with Gasteiger partial charge in [-0.3, -0.25) is 10.8 Å². The summed E-state index contributed by atoms with van der Waals surface area (Å²) in [6, 6.07) is 5.71. The fourth-order valence-electron chi connectivity index (χ4n) is 2.16. The summed E-state index contributed by atoms with van der Waals surface area (Å²) in [6.45, 7) is 4.06. The Morgan fingerprint density at radius 3 is 2.84 bits per heavy atom. The van der Waals surface area contributed by atoms with Crippen LogP contribution in [0.15, 0.2) is 30.6 Å². The van der Waals surface area contributed by atoms with Gasteiger partial charge < -0.3 is 5.73 Å². The van der Waals surface area contributed by atoms with E-state index < -0.39 is 0 Å². The Labute approximate surface area is 113 Å². The third-order valence-corrected chi connectivity index (χ3v) is 3.14. The average Bonchev–Trinajstić information content (AvgIpc) is 2.44. The van der Waals surface area contributed by atoms with E-state index in [2.05, 4.69) is 22.3 Å². The fraction of sp³-hybridized carbons (Fsp3) is 0.286. The minimum atomic E-state index is -0.247. The van der Waals surface area contributed by atoms with Crippen LogP contribution in [0.5, 0.6) is 0 Å². The predicted molar refractivity (Wildman–Crippen MR) is 76.2 cm³/mol. The van der Waals surface area contributed by atoms with E-state index in [9.17, 15) is 0 Å². The summed E-state index contributed by atoms with van der Waals surface area (Å²) in [5.74, 6) is 6.18. The first-order chi connectivity index (χ1) is 9.17. The molecular weight excluding hydrogens is 238 g/mol. The first kappa shape index (κ1) is 13.5. The van der Waals surface area contributed by atoms with Crippen LogP contribution in [0, 0.1) is 6.92 Å². The fourth-order valence-corrected chi connectivity index (χ4v) is 2.16. The van der Waals surface area contributed by atoms with Gasteiger partial charge in [0.25, 0.3) is 0 Å². The minimum absolute atomic E-state index is 0.247. The molecule has 2 aromatic heterocycles. The topological polar surface area (TPSA) is 89.8 Å². The number of rotatable bonds is 4. The SMILES string of the molecule is CCc1cccnc1C(NN)c1cc(C)cnc1N. The van der Waals surface area contributed by atoms with Gasteiger partial charge in [0.2, 0.25) is 0 Å². The van der Waals surface area contributed by atoms with E-state index in [1.54, 1.807) is 12.4 Å². The lowest BCUT2D eigenvalue weighted by molar-refractivity contribution is 0.613. The number of aryl methyl sites for hydroxylation is 2. The molecule has 0 aliphatic heterocycles. The third-order valence-electron chi connectivity index (χ3n) is 3.14. The molecule has 0 radical (unpaired) electrons. The number of anilines is 1. The zero-order valence-electron chi connectivity index (χ0n) is 11.2. The first-order valence-corrected chi connectivity index (χ1v) is 6.29. The van der Waals surface area contributed by atoms with Gasteiger partial charge in [-0.05, 0) is 36.6 Å². The predicted octanol–water partition coefficient (Wildman–Crippen LogP) is 1.48. The molecule has 0 aromatic carbocycles. The number of hydrogen-bond acceptors (Lipinski definition) is 5. The summed E-state index contributed by atoms with van der Waals surface area (Å²) >= 11 is 0. The second kappa shape index (κ2) is 5.77. The highest BCUT2D eigenvalue weighted by atomic mass is 15.2. The number of nitrogens with zero attached hydrogens (tertiary/aromatic N) is 2. The van der Waals surface area contributed by atoms with Crippen molar-refractivity contribution in [1.29, 1.82) is 0 Å². The minimum Gasteiger partial charge on any atom is -0.383 e. The Bertz CT molecular complexity index is 568. The molecule has 1 unspecified atom stereocenters. The van der Waals surface area contributed by atoms with E-state index >= 15 is 0 Å². The molecule has 0 fully saturated rings. The maximum Gasteiger partial charge on any atom is 0.128 e. The van der Waals surface area contributed by atoms with Gasteiger partial charge in [0, 0.05) is 18.0 Å². The lowest BCUT2D eigenvalue weighted by Gasteiger charge is -2.20. The van der Waals surface area contributed by atoms with E-state index in [0.29, 0.717) is 5.82 Å². The van der Waals surface area contributed by atoms with Crippen molar-refractivity contribution in [3.8, 4) is 0 Å². The maximum absolute atomic E-state index is 5.96. The number of nitrogens with one attached hydrogen (secondary N) is 1. The average molecular weight is 257 g/mol. The molecule has 0 aliphatic carbocycles. The van der Waals surface area contributed by atoms with E-state index in [1.165, 1.54) is 0 Å². The van der Waals surface area contributed by atoms with Crippen molar-refractivity contribution in [3.63, 3.8) is 0 Å². The Morgan fingerprint density at radius 2 is 2.16 bits per heavy atom. The van der Waals surface area contributed by atoms with Crippen molar-refractivity contribution in [1.82, 2.24) is 15.4 Å². The number of nitrogens with two attached hydrogens (primary N) is 2. The summed E-state index contributed by atoms with van der Waals surface area (Å²) in [5, 5.41) is 0. The maximum atomic E-state index is 5.96. The summed E-state index contributed by atoms with van der Waals surface area (Å²) in [7, 11) is 0. The second-order valence-electron chi connectivity index (χ2n) is 4.49. The van der Waals surface area contributed by atoms with Crippen LogP contribution in [0.25, 0.3) is 0 Å². The first-order valence-electron chi connectivity index (χ1n) is 6.29. The van der Waals surface area contributed by atoms with Gasteiger partial charge in [0.05, 0.1) is 11.7 Å². The van der Waals surface area contributed by atoms with Crippen LogP contribution in [0.2, 0.25) is 0 Å². The van der Waals surface area contributed by atoms with Gasteiger partial charge in [-0.1, -0.05) is 13.0 Å². The molecule has 5 nitrogen and oxygen atoms in total. The van der Waals surface area contributed by atoms with Gasteiger partial charge >= 0.3 is 0 Å². The monoisotopic (exact) mass is 257 g/mol. The largest absolute Gasteiger partial charge is 0.383 e. The highest BCUT2D eigenvalue weighted by Gasteiger charge is 2.19. The molecule has 0 amide bonds. The summed E-state index contributed by atoms with van der Waals surface area (Å²) in [5.41, 5.74) is 12.7. The molecular formula is C14H19N5. The van der Waals surface area contributed by atoms with Gasteiger partial charge in [-0.15, -0.1) is 0 Å². The lowest BCUT2D eigenvalue weighted by atomic mass is 9.98. The smallest absolute Gasteiger partial charge is 0.128 e. The zero-order valence-corrected chi connectivity index (χ0v) is 11.2. The second-order valence-corrected chi connectivity index (χ2v) is 4.49. The molecule has 1 atom stereocenters. The Kier molecular flexibility index (Phi) is 4.09. The van der Waals surface area contributed by atoms with E-state index in [1.807, 2.05) is 25.1 Å². The van der Waals surface area contributed by atoms with Gasteiger partial charge in [-0.25, -0.2) is 10.4 Å². The number of pyridine rings is 2. The van der Waals surface area contributed by atoms with Crippen molar-refractivity contribution in [2.75, 3.05) is 5.73 Å². The molecule has 0 saturated heterocycles. The number of hydrogen-bond donors (Lipinski definition) is 3. The Hall–Kier alpha value is -1.98. The van der Waals surface area contributed by atoms with Crippen molar-refractivity contribution < 1.29 is 0 Å². The van der Waals surface area contributed by atoms with Gasteiger partial charge in [0.15, 0.2) is 0 Å². The number of hydrazine groups is 1. The molecule has 2 aromatic rings. The highest BCUT2D eigenvalue weighted by molar-refractivity contribution is 5.47. The van der Waals surface area contributed by atoms with E-state index in [-0.39, 0.29) is 6.04 Å². The van der Waals surface area contributed by atoms with Crippen molar-refractivity contribution in [3.05, 3.63) is 53.0 Å². The standard InChI is InChI=1S/C14H19N5/c1-3-10-5-4-6-17-12(10)13(19-16)11-7-9(2)8-18-14(11)15/h4-8,13,19H,3,16H2,1-2H3,(H2,15,18). The Balaban J connectivity index is 2.53. The van der Waals surface area contributed by atoms with Crippen molar-refractivity contribution in [2.24, 2.45) is 5.84 Å². The molecule has 0 bridgehead atoms. The van der Waals surface area contributed by atoms with Crippen LogP contribution >= 0.6 is 0 Å². The van der Waals surface area contributed by atoms with Gasteiger partial charge in [0.1, 0.15) is 5.82 Å². The van der Waals surface area contributed by atoms with Crippen LogP contribution in [-0.2, 0) is 6.42 Å². The number of nitrogen functional groups attached to an aromatic ring is 1. The molecule has 2 heterocycles. The van der Waals surface area contributed by atoms with E-state index in [4.69, 9.17) is 11.6 Å². The van der Waals surface area contributed by atoms with Crippen LogP contribution in [0.1, 0.15) is 35.3 Å². The molecule has 19 heavy (non-hydrogen) atoms. The lowest BCUT2D eigenvalue weighted by Crippen LogP contribution is -2.31. The number of aromatic nitrogens is 2. The quantitative estimate of drug-likeness (QED) is 0.570. The van der Waals surface area contributed by atoms with Crippen molar-refractivity contribution in [2.45, 2.75) is 26.3 Å². The third kappa shape index (κ3) is 2.72. The van der Waals surface area contributed by atoms with Crippen LogP contribution in [0.3, 0.4) is 0 Å². The molecule has 0 saturated carbocycles. The van der Waals surface area contributed by atoms with Crippen LogP contribution in [0.4, 0.5) is 5.82 Å². The Morgan fingerprint density at radius 1 is 1.37 bits per heavy atom. The summed E-state index contributed by atoms with van der Waals surface area (Å²) in [4.78, 5) is 8.62. The summed E-state index contributed by atoms with van der Waals surface area (Å²) < 4.78 is 0. The molecule has 0 spiro atoms. The van der Waals surface area contributed by atoms with Crippen LogP contribution < -0.4 is 17.0 Å². The van der Waals surface area contributed by atoms with E-state index in [0.717, 1.165) is 28.8 Å². The molecule has 0 aliphatic rings. The zero-order chi connectivity index (χ0) is 13.8. The molecule has 5 heteroatoms. The summed E-state index contributed by atoms with van der Waals surface area (Å²) in [6.07, 6.45) is 4.39.